The Kier molecular flexibility index (Phi) is 15.1. The van der Waals surface area contributed by atoms with Gasteiger partial charge in [0.15, 0.2) is 11.2 Å². The number of hydrogen-bond donors (Lipinski definition) is 2. The van der Waals surface area contributed by atoms with Crippen LogP contribution in [0.25, 0.3) is 11.3 Å². The van der Waals surface area contributed by atoms with Crippen molar-refractivity contribution in [2.45, 2.75) is 56.2 Å². The molecule has 0 spiro atoms. The number of pyridine rings is 2. The van der Waals surface area contributed by atoms with Gasteiger partial charge in [0.05, 0.1) is 32.1 Å². The van der Waals surface area contributed by atoms with Gasteiger partial charge in [-0.2, -0.15) is 26.3 Å². The molecule has 4 atom stereocenters. The molecular formula is C41H37Cl2F6IN2O6. The van der Waals surface area contributed by atoms with Crippen LogP contribution in [0.3, 0.4) is 0 Å². The summed E-state index contributed by atoms with van der Waals surface area (Å²) in [4.78, 5) is 19.9. The maximum atomic E-state index is 14.4. The number of aliphatic hydroxyl groups is 2. The van der Waals surface area contributed by atoms with Crippen molar-refractivity contribution < 1.29 is 55.6 Å². The van der Waals surface area contributed by atoms with E-state index in [-0.39, 0.29) is 44.6 Å². The SMILES string of the molecule is CCOC(=O)c1ccc(-c2cc(C(O)(C(C)c3ccc(OC)cc3Cl)C(F)(F)F)ccn2)cc1.COc1ccc(C(C)C(O)(c2ccnc(I)c2)C(F)(F)F)c(Cl)c1. The molecule has 0 aliphatic carbocycles. The molecule has 5 rings (SSSR count). The number of esters is 1. The van der Waals surface area contributed by atoms with E-state index >= 15 is 0 Å². The molecule has 0 aliphatic heterocycles. The van der Waals surface area contributed by atoms with E-state index in [2.05, 4.69) is 9.97 Å². The van der Waals surface area contributed by atoms with Crippen molar-refractivity contribution in [3.8, 4) is 22.8 Å². The van der Waals surface area contributed by atoms with Crippen LogP contribution in [-0.2, 0) is 15.9 Å². The van der Waals surface area contributed by atoms with Crippen molar-refractivity contribution in [3.05, 3.63) is 139 Å². The summed E-state index contributed by atoms with van der Waals surface area (Å²) < 4.78 is 99.8. The van der Waals surface area contributed by atoms with E-state index in [1.807, 2.05) is 0 Å². The predicted molar refractivity (Wildman–Crippen MR) is 215 cm³/mol. The molecule has 0 fully saturated rings. The topological polar surface area (TPSA) is 111 Å². The van der Waals surface area contributed by atoms with Gasteiger partial charge in [0.2, 0.25) is 0 Å². The molecule has 58 heavy (non-hydrogen) atoms. The van der Waals surface area contributed by atoms with Crippen LogP contribution in [0.2, 0.25) is 10.0 Å². The van der Waals surface area contributed by atoms with Gasteiger partial charge in [-0.1, -0.05) is 61.3 Å². The third-order valence-corrected chi connectivity index (χ3v) is 10.8. The average Bonchev–Trinajstić information content (AvgIpc) is 3.19. The summed E-state index contributed by atoms with van der Waals surface area (Å²) in [7, 11) is 2.85. The quantitative estimate of drug-likeness (QED) is 0.0583. The molecule has 4 unspecified atom stereocenters. The van der Waals surface area contributed by atoms with E-state index < -0.39 is 41.4 Å². The molecule has 2 aromatic heterocycles. The number of methoxy groups -OCH3 is 2. The molecule has 0 saturated heterocycles. The number of alkyl halides is 6. The van der Waals surface area contributed by atoms with Crippen molar-refractivity contribution in [1.82, 2.24) is 9.97 Å². The minimum Gasteiger partial charge on any atom is -0.497 e. The summed E-state index contributed by atoms with van der Waals surface area (Å²) in [5.74, 6) is -2.49. The van der Waals surface area contributed by atoms with Crippen molar-refractivity contribution in [2.24, 2.45) is 0 Å². The fraction of sp³-hybridized carbons (Fsp3) is 0.293. The molecule has 0 saturated carbocycles. The Labute approximate surface area is 354 Å². The van der Waals surface area contributed by atoms with E-state index in [4.69, 9.17) is 37.4 Å². The van der Waals surface area contributed by atoms with Crippen molar-refractivity contribution in [2.75, 3.05) is 20.8 Å². The van der Waals surface area contributed by atoms with E-state index in [1.165, 1.54) is 101 Å². The van der Waals surface area contributed by atoms with Crippen LogP contribution >= 0.6 is 45.8 Å². The van der Waals surface area contributed by atoms with Crippen LogP contribution < -0.4 is 9.47 Å². The molecular weight excluding hydrogens is 928 g/mol. The van der Waals surface area contributed by atoms with E-state index in [9.17, 15) is 41.4 Å². The highest BCUT2D eigenvalue weighted by atomic mass is 127. The van der Waals surface area contributed by atoms with Gasteiger partial charge >= 0.3 is 18.3 Å². The maximum Gasteiger partial charge on any atom is 0.422 e. The van der Waals surface area contributed by atoms with Crippen LogP contribution in [0.1, 0.15) is 65.2 Å². The van der Waals surface area contributed by atoms with Crippen molar-refractivity contribution in [1.29, 1.82) is 0 Å². The lowest BCUT2D eigenvalue weighted by Crippen LogP contribution is -2.46. The molecule has 310 valence electrons. The van der Waals surface area contributed by atoms with Gasteiger partial charge in [0.25, 0.3) is 0 Å². The number of benzene rings is 3. The normalized spacial score (nSPS) is 14.8. The summed E-state index contributed by atoms with van der Waals surface area (Å²) in [5.41, 5.74) is -5.78. The van der Waals surface area contributed by atoms with E-state index in [0.717, 1.165) is 12.1 Å². The minimum atomic E-state index is -5.03. The number of hydrogen-bond acceptors (Lipinski definition) is 8. The van der Waals surface area contributed by atoms with E-state index in [1.54, 1.807) is 41.6 Å². The average molecular weight is 966 g/mol. The monoisotopic (exact) mass is 964 g/mol. The standard InChI is InChI=1S/C25H23ClF3NO4.C16H14ClF3INO2/c1-4-34-23(31)17-7-5-16(6-8-17)22-13-18(11-12-30-22)24(32,25(27,28)29)15(2)20-10-9-19(33-3)14-21(20)26;1-9(12-4-3-11(24-2)8-13(12)17)15(23,16(18,19)20)10-5-6-22-14(21)7-10/h5-15,32H,4H2,1-3H3;3-9,23H,1-2H3. The fourth-order valence-corrected chi connectivity index (χ4v) is 7.36. The number of carbonyl (C=O) groups excluding carboxylic acids is 1. The van der Waals surface area contributed by atoms with Gasteiger partial charge in [-0.25, -0.2) is 4.79 Å². The Morgan fingerprint density at radius 2 is 1.16 bits per heavy atom. The predicted octanol–water partition coefficient (Wildman–Crippen LogP) is 11.0. The molecule has 17 heteroatoms. The van der Waals surface area contributed by atoms with Crippen LogP contribution in [0.4, 0.5) is 26.3 Å². The van der Waals surface area contributed by atoms with Gasteiger partial charge < -0.3 is 24.4 Å². The Bertz CT molecular complexity index is 2210. The first kappa shape index (κ1) is 46.5. The van der Waals surface area contributed by atoms with Gasteiger partial charge in [-0.3, -0.25) is 9.97 Å². The first-order valence-electron chi connectivity index (χ1n) is 17.2. The summed E-state index contributed by atoms with van der Waals surface area (Å²) in [5, 5.41) is 21.9. The van der Waals surface area contributed by atoms with Crippen LogP contribution in [0, 0.1) is 3.70 Å². The first-order valence-corrected chi connectivity index (χ1v) is 19.1. The number of carbonyl (C=O) groups is 1. The second-order valence-corrected chi connectivity index (χ2v) is 14.8. The second-order valence-electron chi connectivity index (χ2n) is 12.8. The largest absolute Gasteiger partial charge is 0.497 e. The zero-order valence-electron chi connectivity index (χ0n) is 31.4. The Morgan fingerprint density at radius 1 is 0.707 bits per heavy atom. The van der Waals surface area contributed by atoms with Gasteiger partial charge in [-0.05, 0) is 112 Å². The molecule has 0 bridgehead atoms. The molecule has 2 N–H and O–H groups in total. The summed E-state index contributed by atoms with van der Waals surface area (Å²) in [6.07, 6.45) is -7.50. The van der Waals surface area contributed by atoms with Crippen molar-refractivity contribution in [3.63, 3.8) is 0 Å². The summed E-state index contributed by atoms with van der Waals surface area (Å²) >= 11 is 14.1. The zero-order valence-corrected chi connectivity index (χ0v) is 35.1. The van der Waals surface area contributed by atoms with Crippen molar-refractivity contribution >= 4 is 51.8 Å². The number of ether oxygens (including phenoxy) is 3. The lowest BCUT2D eigenvalue weighted by Gasteiger charge is -2.37. The lowest BCUT2D eigenvalue weighted by atomic mass is 9.77. The lowest BCUT2D eigenvalue weighted by molar-refractivity contribution is -0.274. The molecule has 0 radical (unpaired) electrons. The summed E-state index contributed by atoms with van der Waals surface area (Å²) in [6.45, 7) is 4.45. The minimum absolute atomic E-state index is 0.0401. The Hall–Kier alpha value is -4.16. The number of aromatic nitrogens is 2. The Morgan fingerprint density at radius 3 is 1.55 bits per heavy atom. The second kappa shape index (κ2) is 18.8. The number of rotatable bonds is 11. The number of halogens is 9. The number of nitrogens with zero attached hydrogens (tertiary/aromatic N) is 2. The van der Waals surface area contributed by atoms with E-state index in [0.29, 0.717) is 26.3 Å². The molecule has 5 aromatic rings. The molecule has 2 heterocycles. The third-order valence-electron chi connectivity index (χ3n) is 9.52. The highest BCUT2D eigenvalue weighted by Crippen LogP contribution is 2.51. The summed E-state index contributed by atoms with van der Waals surface area (Å²) in [6, 6.07) is 19.4. The Balaban J connectivity index is 0.000000273. The van der Waals surface area contributed by atoms with Crippen LogP contribution in [0.15, 0.2) is 97.3 Å². The fourth-order valence-electron chi connectivity index (χ4n) is 6.20. The van der Waals surface area contributed by atoms with Gasteiger partial charge in [-0.15, -0.1) is 0 Å². The highest BCUT2D eigenvalue weighted by Gasteiger charge is 2.60. The molecule has 0 aliphatic rings. The first-order chi connectivity index (χ1) is 27.1. The zero-order chi connectivity index (χ0) is 43.2. The van der Waals surface area contributed by atoms with Gasteiger partial charge in [0.1, 0.15) is 15.2 Å². The van der Waals surface area contributed by atoms with Crippen LogP contribution in [0.5, 0.6) is 11.5 Å². The smallest absolute Gasteiger partial charge is 0.422 e. The molecule has 0 amide bonds. The molecule has 3 aromatic carbocycles. The van der Waals surface area contributed by atoms with Gasteiger partial charge in [0, 0.05) is 39.8 Å². The molecule has 8 nitrogen and oxygen atoms in total. The maximum absolute atomic E-state index is 14.4. The third kappa shape index (κ3) is 9.82. The highest BCUT2D eigenvalue weighted by molar-refractivity contribution is 14.1. The van der Waals surface area contributed by atoms with Crippen LogP contribution in [-0.4, -0.2) is 59.3 Å².